The number of phenols is 1. The van der Waals surface area contributed by atoms with Crippen molar-refractivity contribution >= 4 is 6.08 Å². The molecular formula is C25H25FO2. The van der Waals surface area contributed by atoms with Gasteiger partial charge in [0, 0.05) is 5.56 Å². The summed E-state index contributed by atoms with van der Waals surface area (Å²) in [6, 6.07) is 19.7. The van der Waals surface area contributed by atoms with E-state index in [-0.39, 0.29) is 17.7 Å². The highest BCUT2D eigenvalue weighted by Crippen LogP contribution is 2.29. The Balaban J connectivity index is 1.69. The topological polar surface area (TPSA) is 40.5 Å². The van der Waals surface area contributed by atoms with Crippen molar-refractivity contribution < 1.29 is 14.6 Å². The van der Waals surface area contributed by atoms with E-state index in [1.54, 1.807) is 37.3 Å². The first-order valence-electron chi connectivity index (χ1n) is 9.57. The van der Waals surface area contributed by atoms with Crippen LogP contribution in [-0.2, 0) is 0 Å². The smallest absolute Gasteiger partial charge is 0.131 e. The number of aliphatic hydroxyl groups excluding tert-OH is 1. The Kier molecular flexibility index (Phi) is 6.62. The van der Waals surface area contributed by atoms with Gasteiger partial charge in [-0.05, 0) is 66.6 Å². The number of unbranched alkanes of at least 4 members (excludes halogenated alkanes) is 1. The number of aromatic hydroxyl groups is 1. The van der Waals surface area contributed by atoms with Crippen LogP contribution in [0, 0.1) is 5.82 Å². The molecule has 1 unspecified atom stereocenters. The fraction of sp³-hybridized carbons (Fsp3) is 0.200. The Labute approximate surface area is 165 Å². The highest BCUT2D eigenvalue weighted by molar-refractivity contribution is 5.72. The fourth-order valence-electron chi connectivity index (χ4n) is 3.11. The quantitative estimate of drug-likeness (QED) is 0.467. The van der Waals surface area contributed by atoms with E-state index < -0.39 is 0 Å². The lowest BCUT2D eigenvalue weighted by Gasteiger charge is -2.08. The number of aliphatic hydroxyl groups is 1. The molecule has 0 aliphatic heterocycles. The van der Waals surface area contributed by atoms with E-state index in [2.05, 4.69) is 12.2 Å². The molecule has 0 aromatic heterocycles. The van der Waals surface area contributed by atoms with Gasteiger partial charge in [0.1, 0.15) is 11.6 Å². The molecule has 0 saturated heterocycles. The van der Waals surface area contributed by atoms with Crippen LogP contribution < -0.4 is 0 Å². The van der Waals surface area contributed by atoms with E-state index >= 15 is 0 Å². The minimum atomic E-state index is -0.271. The maximum absolute atomic E-state index is 14.7. The van der Waals surface area contributed by atoms with Gasteiger partial charge in [-0.3, -0.25) is 0 Å². The standard InChI is InChI=1S/C25H25FO2/c1-18(27)5-3-2-4-6-19-7-9-21(10-8-19)24-16-13-22(17-25(24)26)20-11-14-23(28)15-12-20/h4,6-18,27-28H,2-3,5H2,1H3. The molecule has 0 aliphatic rings. The van der Waals surface area contributed by atoms with Gasteiger partial charge in [-0.2, -0.15) is 0 Å². The zero-order chi connectivity index (χ0) is 19.9. The van der Waals surface area contributed by atoms with Crippen LogP contribution in [0.15, 0.2) is 72.8 Å². The van der Waals surface area contributed by atoms with E-state index in [0.717, 1.165) is 41.5 Å². The third kappa shape index (κ3) is 5.30. The summed E-state index contributed by atoms with van der Waals surface area (Å²) in [5.74, 6) is -0.0788. The summed E-state index contributed by atoms with van der Waals surface area (Å²) in [5.41, 5.74) is 4.11. The SMILES string of the molecule is CC(O)CCCC=Cc1ccc(-c2ccc(-c3ccc(O)cc3)cc2F)cc1. The van der Waals surface area contributed by atoms with Gasteiger partial charge in [0.05, 0.1) is 6.10 Å². The van der Waals surface area contributed by atoms with E-state index in [1.165, 1.54) is 6.07 Å². The molecule has 3 rings (SSSR count). The summed E-state index contributed by atoms with van der Waals surface area (Å²) >= 11 is 0. The Morgan fingerprint density at radius 2 is 1.54 bits per heavy atom. The summed E-state index contributed by atoms with van der Waals surface area (Å²) in [6.45, 7) is 1.80. The number of hydrogen-bond donors (Lipinski definition) is 2. The number of allylic oxidation sites excluding steroid dienone is 1. The minimum Gasteiger partial charge on any atom is -0.508 e. The number of rotatable bonds is 7. The molecule has 0 spiro atoms. The molecule has 0 saturated carbocycles. The van der Waals surface area contributed by atoms with Crippen LogP contribution in [0.5, 0.6) is 5.75 Å². The Bertz CT molecular complexity index is 926. The lowest BCUT2D eigenvalue weighted by atomic mass is 9.98. The number of halogens is 1. The van der Waals surface area contributed by atoms with E-state index in [4.69, 9.17) is 0 Å². The van der Waals surface area contributed by atoms with Crippen LogP contribution in [0.25, 0.3) is 28.3 Å². The third-order valence-corrected chi connectivity index (χ3v) is 4.69. The maximum Gasteiger partial charge on any atom is 0.131 e. The van der Waals surface area contributed by atoms with Crippen molar-refractivity contribution in [1.82, 2.24) is 0 Å². The monoisotopic (exact) mass is 376 g/mol. The summed E-state index contributed by atoms with van der Waals surface area (Å²) in [4.78, 5) is 0. The van der Waals surface area contributed by atoms with Crippen molar-refractivity contribution in [2.45, 2.75) is 32.3 Å². The zero-order valence-electron chi connectivity index (χ0n) is 16.0. The lowest BCUT2D eigenvalue weighted by molar-refractivity contribution is 0.182. The number of benzene rings is 3. The molecule has 144 valence electrons. The number of phenolic OH excluding ortho intramolecular Hbond substituents is 1. The Hall–Kier alpha value is -2.91. The summed E-state index contributed by atoms with van der Waals surface area (Å²) in [6.07, 6.45) is 6.61. The predicted octanol–water partition coefficient (Wildman–Crippen LogP) is 6.43. The molecular weight excluding hydrogens is 351 g/mol. The van der Waals surface area contributed by atoms with Gasteiger partial charge in [-0.25, -0.2) is 4.39 Å². The second kappa shape index (κ2) is 9.34. The van der Waals surface area contributed by atoms with Gasteiger partial charge in [0.15, 0.2) is 0 Å². The molecule has 0 bridgehead atoms. The molecule has 0 amide bonds. The van der Waals surface area contributed by atoms with Gasteiger partial charge in [0.25, 0.3) is 0 Å². The second-order valence-corrected chi connectivity index (χ2v) is 7.05. The van der Waals surface area contributed by atoms with Crippen molar-refractivity contribution in [3.63, 3.8) is 0 Å². The van der Waals surface area contributed by atoms with Gasteiger partial charge < -0.3 is 10.2 Å². The van der Waals surface area contributed by atoms with E-state index in [0.29, 0.717) is 5.56 Å². The van der Waals surface area contributed by atoms with Gasteiger partial charge >= 0.3 is 0 Å². The van der Waals surface area contributed by atoms with Crippen molar-refractivity contribution in [2.75, 3.05) is 0 Å². The molecule has 3 aromatic rings. The average molecular weight is 376 g/mol. The summed E-state index contributed by atoms with van der Waals surface area (Å²) < 4.78 is 14.7. The predicted molar refractivity (Wildman–Crippen MR) is 114 cm³/mol. The molecule has 2 nitrogen and oxygen atoms in total. The van der Waals surface area contributed by atoms with E-state index in [9.17, 15) is 14.6 Å². The molecule has 0 fully saturated rings. The van der Waals surface area contributed by atoms with Crippen LogP contribution in [-0.4, -0.2) is 16.3 Å². The Morgan fingerprint density at radius 3 is 2.18 bits per heavy atom. The highest BCUT2D eigenvalue weighted by Gasteiger charge is 2.07. The highest BCUT2D eigenvalue weighted by atomic mass is 19.1. The van der Waals surface area contributed by atoms with Crippen LogP contribution in [0.4, 0.5) is 4.39 Å². The summed E-state index contributed by atoms with van der Waals surface area (Å²) in [5, 5.41) is 18.6. The first kappa shape index (κ1) is 19.8. The Morgan fingerprint density at radius 1 is 0.893 bits per heavy atom. The fourth-order valence-corrected chi connectivity index (χ4v) is 3.11. The maximum atomic E-state index is 14.7. The average Bonchev–Trinajstić information content (AvgIpc) is 2.69. The third-order valence-electron chi connectivity index (χ3n) is 4.69. The van der Waals surface area contributed by atoms with Crippen LogP contribution in [0.1, 0.15) is 31.7 Å². The molecule has 3 heteroatoms. The largest absolute Gasteiger partial charge is 0.508 e. The van der Waals surface area contributed by atoms with Crippen LogP contribution in [0.2, 0.25) is 0 Å². The molecule has 2 N–H and O–H groups in total. The molecule has 28 heavy (non-hydrogen) atoms. The van der Waals surface area contributed by atoms with Crippen molar-refractivity contribution in [1.29, 1.82) is 0 Å². The van der Waals surface area contributed by atoms with E-state index in [1.807, 2.05) is 30.3 Å². The molecule has 3 aromatic carbocycles. The molecule has 0 heterocycles. The van der Waals surface area contributed by atoms with Gasteiger partial charge in [-0.15, -0.1) is 0 Å². The second-order valence-electron chi connectivity index (χ2n) is 7.05. The summed E-state index contributed by atoms with van der Waals surface area (Å²) in [7, 11) is 0. The van der Waals surface area contributed by atoms with Crippen molar-refractivity contribution in [3.8, 4) is 28.0 Å². The number of hydrogen-bond acceptors (Lipinski definition) is 2. The minimum absolute atomic E-state index is 0.193. The van der Waals surface area contributed by atoms with Crippen molar-refractivity contribution in [3.05, 3.63) is 84.2 Å². The zero-order valence-corrected chi connectivity index (χ0v) is 16.0. The lowest BCUT2D eigenvalue weighted by Crippen LogP contribution is -1.97. The van der Waals surface area contributed by atoms with Crippen LogP contribution in [0.3, 0.4) is 0 Å². The molecule has 1 atom stereocenters. The van der Waals surface area contributed by atoms with Crippen LogP contribution >= 0.6 is 0 Å². The van der Waals surface area contributed by atoms with Gasteiger partial charge in [0.2, 0.25) is 0 Å². The molecule has 0 aliphatic carbocycles. The first-order valence-corrected chi connectivity index (χ1v) is 9.57. The molecule has 0 radical (unpaired) electrons. The first-order chi connectivity index (χ1) is 13.5. The van der Waals surface area contributed by atoms with Gasteiger partial charge in [-0.1, -0.05) is 60.7 Å². The normalized spacial score (nSPS) is 12.4. The van der Waals surface area contributed by atoms with Crippen molar-refractivity contribution in [2.24, 2.45) is 0 Å².